The van der Waals surface area contributed by atoms with Crippen molar-refractivity contribution in [2.45, 2.75) is 32.9 Å². The topological polar surface area (TPSA) is 32.8 Å². The van der Waals surface area contributed by atoms with Gasteiger partial charge in [-0.1, -0.05) is 30.3 Å². The van der Waals surface area contributed by atoms with E-state index in [2.05, 4.69) is 4.90 Å². The van der Waals surface area contributed by atoms with E-state index in [-0.39, 0.29) is 11.7 Å². The highest BCUT2D eigenvalue weighted by Crippen LogP contribution is 2.21. The maximum absolute atomic E-state index is 13.5. The molecule has 1 aliphatic rings. The van der Waals surface area contributed by atoms with Gasteiger partial charge in [0.2, 0.25) is 5.91 Å². The Morgan fingerprint density at radius 2 is 1.89 bits per heavy atom. The van der Waals surface area contributed by atoms with E-state index in [0.29, 0.717) is 19.7 Å². The van der Waals surface area contributed by atoms with Gasteiger partial charge in [-0.05, 0) is 43.1 Å². The highest BCUT2D eigenvalue weighted by atomic mass is 19.1. The van der Waals surface area contributed by atoms with Crippen molar-refractivity contribution in [3.05, 3.63) is 65.5 Å². The van der Waals surface area contributed by atoms with E-state index < -0.39 is 0 Å². The van der Waals surface area contributed by atoms with Crippen LogP contribution < -0.4 is 4.74 Å². The van der Waals surface area contributed by atoms with Crippen molar-refractivity contribution >= 4 is 5.91 Å². The molecule has 2 aromatic rings. The molecule has 0 spiro atoms. The van der Waals surface area contributed by atoms with Crippen molar-refractivity contribution in [2.24, 2.45) is 0 Å². The molecular weight excluding hydrogens is 343 g/mol. The first-order valence-electron chi connectivity index (χ1n) is 9.55. The highest BCUT2D eigenvalue weighted by molar-refractivity contribution is 5.73. The number of ether oxygens (including phenoxy) is 1. The second-order valence-corrected chi connectivity index (χ2v) is 7.01. The molecule has 3 rings (SSSR count). The van der Waals surface area contributed by atoms with Gasteiger partial charge in [-0.3, -0.25) is 9.69 Å². The van der Waals surface area contributed by atoms with Crippen LogP contribution in [-0.4, -0.2) is 41.9 Å². The fourth-order valence-corrected chi connectivity index (χ4v) is 3.41. The van der Waals surface area contributed by atoms with Gasteiger partial charge in [0.05, 0.1) is 0 Å². The molecule has 0 N–H and O–H groups in total. The third kappa shape index (κ3) is 5.79. The van der Waals surface area contributed by atoms with Gasteiger partial charge in [-0.15, -0.1) is 0 Å². The van der Waals surface area contributed by atoms with Gasteiger partial charge in [-0.25, -0.2) is 4.39 Å². The quantitative estimate of drug-likeness (QED) is 0.805. The summed E-state index contributed by atoms with van der Waals surface area (Å²) in [7, 11) is 0. The molecule has 0 saturated carbocycles. The second kappa shape index (κ2) is 9.51. The number of halogens is 1. The van der Waals surface area contributed by atoms with E-state index in [1.54, 1.807) is 19.1 Å². The number of para-hydroxylation sites is 1. The van der Waals surface area contributed by atoms with E-state index in [1.165, 1.54) is 6.07 Å². The lowest BCUT2D eigenvalue weighted by Crippen LogP contribution is -2.33. The zero-order chi connectivity index (χ0) is 19.1. The summed E-state index contributed by atoms with van der Waals surface area (Å²) in [5, 5.41) is 0. The average Bonchev–Trinajstić information content (AvgIpc) is 2.63. The van der Waals surface area contributed by atoms with Crippen LogP contribution in [0.5, 0.6) is 5.75 Å². The van der Waals surface area contributed by atoms with E-state index in [0.717, 1.165) is 49.4 Å². The van der Waals surface area contributed by atoms with Crippen LogP contribution in [0.25, 0.3) is 0 Å². The number of nitrogens with zero attached hydrogens (tertiary/aromatic N) is 2. The maximum Gasteiger partial charge on any atom is 0.219 e. The summed E-state index contributed by atoms with van der Waals surface area (Å²) in [5.41, 5.74) is 2.00. The molecule has 4 nitrogen and oxygen atoms in total. The molecule has 0 fully saturated rings. The standard InChI is InChI=1S/C22H27FN2O2/c1-18(26)25-12-5-4-11-24(16-19-7-6-9-21(23)15-19)13-14-27-22-10-3-2-8-20(22)17-25/h2-3,6-10,15H,4-5,11-14,16-17H2,1H3. The highest BCUT2D eigenvalue weighted by Gasteiger charge is 2.15. The Labute approximate surface area is 160 Å². The number of rotatable bonds is 2. The van der Waals surface area contributed by atoms with Crippen molar-refractivity contribution in [1.82, 2.24) is 9.80 Å². The summed E-state index contributed by atoms with van der Waals surface area (Å²) < 4.78 is 19.5. The number of benzene rings is 2. The van der Waals surface area contributed by atoms with Gasteiger partial charge < -0.3 is 9.64 Å². The largest absolute Gasteiger partial charge is 0.492 e. The summed E-state index contributed by atoms with van der Waals surface area (Å²) in [4.78, 5) is 16.2. The minimum absolute atomic E-state index is 0.0819. The fourth-order valence-electron chi connectivity index (χ4n) is 3.41. The summed E-state index contributed by atoms with van der Waals surface area (Å²) in [5.74, 6) is 0.706. The Morgan fingerprint density at radius 1 is 1.07 bits per heavy atom. The number of carbonyl (C=O) groups is 1. The lowest BCUT2D eigenvalue weighted by molar-refractivity contribution is -0.129. The Balaban J connectivity index is 1.72. The number of hydrogen-bond acceptors (Lipinski definition) is 3. The normalized spacial score (nSPS) is 16.6. The van der Waals surface area contributed by atoms with Gasteiger partial charge in [0.1, 0.15) is 18.2 Å². The molecule has 0 unspecified atom stereocenters. The van der Waals surface area contributed by atoms with E-state index in [1.807, 2.05) is 35.2 Å². The van der Waals surface area contributed by atoms with E-state index in [4.69, 9.17) is 4.74 Å². The molecule has 1 amide bonds. The minimum atomic E-state index is -0.205. The molecule has 0 bridgehead atoms. The lowest BCUT2D eigenvalue weighted by atomic mass is 10.1. The van der Waals surface area contributed by atoms with Crippen LogP contribution in [0.15, 0.2) is 48.5 Å². The van der Waals surface area contributed by atoms with Crippen LogP contribution in [-0.2, 0) is 17.9 Å². The zero-order valence-corrected chi connectivity index (χ0v) is 15.9. The van der Waals surface area contributed by atoms with Gasteiger partial charge in [0.15, 0.2) is 0 Å². The Kier molecular flexibility index (Phi) is 6.82. The summed E-state index contributed by atoms with van der Waals surface area (Å²) in [6.45, 7) is 5.86. The molecule has 1 heterocycles. The Bertz CT molecular complexity index is 765. The molecule has 0 saturated heterocycles. The number of fused-ring (bicyclic) bond motifs is 1. The molecule has 5 heteroatoms. The second-order valence-electron chi connectivity index (χ2n) is 7.01. The van der Waals surface area contributed by atoms with Crippen LogP contribution in [0.1, 0.15) is 30.9 Å². The fraction of sp³-hybridized carbons (Fsp3) is 0.409. The van der Waals surface area contributed by atoms with Crippen molar-refractivity contribution in [3.63, 3.8) is 0 Å². The molecule has 0 aromatic heterocycles. The molecule has 2 aromatic carbocycles. The van der Waals surface area contributed by atoms with Crippen molar-refractivity contribution in [3.8, 4) is 5.75 Å². The van der Waals surface area contributed by atoms with Crippen LogP contribution >= 0.6 is 0 Å². The maximum atomic E-state index is 13.5. The lowest BCUT2D eigenvalue weighted by Gasteiger charge is -2.27. The zero-order valence-electron chi connectivity index (χ0n) is 15.9. The first-order valence-corrected chi connectivity index (χ1v) is 9.55. The molecular formula is C22H27FN2O2. The monoisotopic (exact) mass is 370 g/mol. The first-order chi connectivity index (χ1) is 13.1. The Hall–Kier alpha value is -2.40. The average molecular weight is 370 g/mol. The van der Waals surface area contributed by atoms with Crippen LogP contribution in [0, 0.1) is 5.82 Å². The number of amides is 1. The molecule has 144 valence electrons. The van der Waals surface area contributed by atoms with Crippen molar-refractivity contribution in [2.75, 3.05) is 26.2 Å². The number of hydrogen-bond donors (Lipinski definition) is 0. The molecule has 1 aliphatic heterocycles. The minimum Gasteiger partial charge on any atom is -0.492 e. The summed E-state index contributed by atoms with van der Waals surface area (Å²) in [6.07, 6.45) is 1.93. The predicted octanol–water partition coefficient (Wildman–Crippen LogP) is 3.85. The summed E-state index contributed by atoms with van der Waals surface area (Å²) in [6, 6.07) is 14.7. The van der Waals surface area contributed by atoms with Gasteiger partial charge in [0, 0.05) is 38.7 Å². The molecule has 0 radical (unpaired) electrons. The van der Waals surface area contributed by atoms with Crippen LogP contribution in [0.4, 0.5) is 4.39 Å². The van der Waals surface area contributed by atoms with E-state index >= 15 is 0 Å². The van der Waals surface area contributed by atoms with Gasteiger partial charge in [0.25, 0.3) is 0 Å². The molecule has 0 atom stereocenters. The van der Waals surface area contributed by atoms with Gasteiger partial charge >= 0.3 is 0 Å². The van der Waals surface area contributed by atoms with Crippen LogP contribution in [0.3, 0.4) is 0 Å². The van der Waals surface area contributed by atoms with E-state index in [9.17, 15) is 9.18 Å². The molecule has 27 heavy (non-hydrogen) atoms. The van der Waals surface area contributed by atoms with Gasteiger partial charge in [-0.2, -0.15) is 0 Å². The summed E-state index contributed by atoms with van der Waals surface area (Å²) >= 11 is 0. The smallest absolute Gasteiger partial charge is 0.219 e. The van der Waals surface area contributed by atoms with Crippen molar-refractivity contribution < 1.29 is 13.9 Å². The Morgan fingerprint density at radius 3 is 2.70 bits per heavy atom. The molecule has 0 aliphatic carbocycles. The van der Waals surface area contributed by atoms with Crippen LogP contribution in [0.2, 0.25) is 0 Å². The predicted molar refractivity (Wildman–Crippen MR) is 104 cm³/mol. The SMILES string of the molecule is CC(=O)N1CCCCN(Cc2cccc(F)c2)CCOc2ccccc2C1. The van der Waals surface area contributed by atoms with Crippen molar-refractivity contribution in [1.29, 1.82) is 0 Å². The first kappa shape index (κ1) is 19.4. The third-order valence-corrected chi connectivity index (χ3v) is 4.89. The number of carbonyl (C=O) groups excluding carboxylic acids is 1. The third-order valence-electron chi connectivity index (χ3n) is 4.89.